The third-order valence-electron chi connectivity index (χ3n) is 3.34. The summed E-state index contributed by atoms with van der Waals surface area (Å²) in [6.45, 7) is 3.40. The average molecular weight is 314 g/mol. The van der Waals surface area contributed by atoms with Crippen LogP contribution in [-0.4, -0.2) is 29.5 Å². The number of ether oxygens (including phenoxy) is 1. The topological polar surface area (TPSA) is 76.1 Å². The van der Waals surface area contributed by atoms with Gasteiger partial charge in [0.1, 0.15) is 5.75 Å². The van der Waals surface area contributed by atoms with E-state index in [9.17, 15) is 4.79 Å². The minimum Gasteiger partial charge on any atom is -0.497 e. The molecule has 0 saturated heterocycles. The number of benzene rings is 1. The first kappa shape index (κ1) is 16.7. The summed E-state index contributed by atoms with van der Waals surface area (Å²) in [5.41, 5.74) is 1.44. The van der Waals surface area contributed by atoms with Crippen LogP contribution in [0.15, 0.2) is 36.7 Å². The molecular weight excluding hydrogens is 292 g/mol. The number of carbonyl (C=O) groups excluding carboxylic acids is 1. The van der Waals surface area contributed by atoms with E-state index in [0.717, 1.165) is 30.7 Å². The van der Waals surface area contributed by atoms with E-state index in [-0.39, 0.29) is 5.91 Å². The monoisotopic (exact) mass is 314 g/mol. The Hall–Kier alpha value is -2.63. The Labute approximate surface area is 136 Å². The second-order valence-corrected chi connectivity index (χ2v) is 5.11. The van der Waals surface area contributed by atoms with Crippen molar-refractivity contribution in [3.05, 3.63) is 47.8 Å². The van der Waals surface area contributed by atoms with E-state index in [1.807, 2.05) is 24.3 Å². The van der Waals surface area contributed by atoms with E-state index in [4.69, 9.17) is 4.74 Å². The van der Waals surface area contributed by atoms with Gasteiger partial charge in [0.25, 0.3) is 5.91 Å². The zero-order valence-electron chi connectivity index (χ0n) is 13.5. The molecule has 2 rings (SSSR count). The lowest BCUT2D eigenvalue weighted by molar-refractivity contribution is 0.0950. The summed E-state index contributed by atoms with van der Waals surface area (Å²) in [6, 6.07) is 7.55. The van der Waals surface area contributed by atoms with Crippen molar-refractivity contribution in [3.63, 3.8) is 0 Å². The molecule has 1 aromatic carbocycles. The molecule has 0 unspecified atom stereocenters. The van der Waals surface area contributed by atoms with Gasteiger partial charge in [0.2, 0.25) is 5.95 Å². The van der Waals surface area contributed by atoms with E-state index >= 15 is 0 Å². The quantitative estimate of drug-likeness (QED) is 0.733. The van der Waals surface area contributed by atoms with Crippen molar-refractivity contribution < 1.29 is 9.53 Å². The first-order chi connectivity index (χ1) is 11.2. The SMILES string of the molecule is CCCCNc1ncc(C(=O)NCc2ccc(OC)cc2)cn1. The molecule has 0 saturated carbocycles. The second-order valence-electron chi connectivity index (χ2n) is 5.11. The van der Waals surface area contributed by atoms with Crippen molar-refractivity contribution in [1.82, 2.24) is 15.3 Å². The van der Waals surface area contributed by atoms with Crippen molar-refractivity contribution in [1.29, 1.82) is 0 Å². The second kappa shape index (κ2) is 8.73. The summed E-state index contributed by atoms with van der Waals surface area (Å²) in [7, 11) is 1.62. The van der Waals surface area contributed by atoms with Crippen molar-refractivity contribution in [2.45, 2.75) is 26.3 Å². The molecule has 2 aromatic rings. The summed E-state index contributed by atoms with van der Waals surface area (Å²) < 4.78 is 5.10. The fourth-order valence-corrected chi connectivity index (χ4v) is 1.94. The first-order valence-corrected chi connectivity index (χ1v) is 7.70. The number of carbonyl (C=O) groups is 1. The van der Waals surface area contributed by atoms with Gasteiger partial charge in [-0.15, -0.1) is 0 Å². The van der Waals surface area contributed by atoms with Gasteiger partial charge in [-0.1, -0.05) is 25.5 Å². The minimum atomic E-state index is -0.194. The van der Waals surface area contributed by atoms with E-state index in [1.54, 1.807) is 7.11 Å². The van der Waals surface area contributed by atoms with Crippen molar-refractivity contribution in [3.8, 4) is 5.75 Å². The van der Waals surface area contributed by atoms with Crippen molar-refractivity contribution in [2.24, 2.45) is 0 Å². The van der Waals surface area contributed by atoms with Crippen LogP contribution in [0, 0.1) is 0 Å². The summed E-state index contributed by atoms with van der Waals surface area (Å²) >= 11 is 0. The smallest absolute Gasteiger partial charge is 0.254 e. The molecule has 0 bridgehead atoms. The van der Waals surface area contributed by atoms with E-state index in [0.29, 0.717) is 18.1 Å². The fourth-order valence-electron chi connectivity index (χ4n) is 1.94. The molecule has 0 atom stereocenters. The number of nitrogens with zero attached hydrogens (tertiary/aromatic N) is 2. The van der Waals surface area contributed by atoms with E-state index in [2.05, 4.69) is 27.5 Å². The maximum atomic E-state index is 12.1. The van der Waals surface area contributed by atoms with Gasteiger partial charge in [0.05, 0.1) is 12.7 Å². The van der Waals surface area contributed by atoms with Gasteiger partial charge in [-0.25, -0.2) is 9.97 Å². The number of aromatic nitrogens is 2. The molecular formula is C17H22N4O2. The highest BCUT2D eigenvalue weighted by Crippen LogP contribution is 2.11. The number of nitrogens with one attached hydrogen (secondary N) is 2. The van der Waals surface area contributed by atoms with E-state index < -0.39 is 0 Å². The first-order valence-electron chi connectivity index (χ1n) is 7.70. The van der Waals surface area contributed by atoms with Gasteiger partial charge in [0, 0.05) is 25.5 Å². The van der Waals surface area contributed by atoms with Crippen LogP contribution in [0.3, 0.4) is 0 Å². The lowest BCUT2D eigenvalue weighted by Crippen LogP contribution is -2.23. The highest BCUT2D eigenvalue weighted by Gasteiger charge is 2.07. The fraction of sp³-hybridized carbons (Fsp3) is 0.353. The molecule has 0 fully saturated rings. The Morgan fingerprint density at radius 3 is 2.48 bits per heavy atom. The van der Waals surface area contributed by atoms with Crippen LogP contribution in [0.25, 0.3) is 0 Å². The van der Waals surface area contributed by atoms with Crippen LogP contribution in [0.1, 0.15) is 35.7 Å². The lowest BCUT2D eigenvalue weighted by atomic mass is 10.2. The van der Waals surface area contributed by atoms with Gasteiger partial charge < -0.3 is 15.4 Å². The molecule has 0 spiro atoms. The predicted octanol–water partition coefficient (Wildman–Crippen LogP) is 2.63. The minimum absolute atomic E-state index is 0.194. The van der Waals surface area contributed by atoms with Gasteiger partial charge in [-0.05, 0) is 24.1 Å². The third-order valence-corrected chi connectivity index (χ3v) is 3.34. The molecule has 6 heteroatoms. The maximum Gasteiger partial charge on any atom is 0.254 e. The normalized spacial score (nSPS) is 10.2. The van der Waals surface area contributed by atoms with Crippen LogP contribution in [0.2, 0.25) is 0 Å². The zero-order valence-corrected chi connectivity index (χ0v) is 13.5. The Morgan fingerprint density at radius 2 is 1.87 bits per heavy atom. The zero-order chi connectivity index (χ0) is 16.5. The molecule has 0 aliphatic rings. The molecule has 122 valence electrons. The van der Waals surface area contributed by atoms with Crippen LogP contribution in [0.4, 0.5) is 5.95 Å². The number of hydrogen-bond acceptors (Lipinski definition) is 5. The largest absolute Gasteiger partial charge is 0.497 e. The highest BCUT2D eigenvalue weighted by molar-refractivity contribution is 5.93. The number of hydrogen-bond donors (Lipinski definition) is 2. The third kappa shape index (κ3) is 5.25. The van der Waals surface area contributed by atoms with Crippen LogP contribution in [0.5, 0.6) is 5.75 Å². The molecule has 1 amide bonds. The van der Waals surface area contributed by atoms with Crippen molar-refractivity contribution >= 4 is 11.9 Å². The molecule has 1 heterocycles. The number of unbranched alkanes of at least 4 members (excludes halogenated alkanes) is 1. The Kier molecular flexibility index (Phi) is 6.35. The molecule has 2 N–H and O–H groups in total. The van der Waals surface area contributed by atoms with E-state index in [1.165, 1.54) is 12.4 Å². The standard InChI is InChI=1S/C17H22N4O2/c1-3-4-9-18-17-20-11-14(12-21-17)16(22)19-10-13-5-7-15(23-2)8-6-13/h5-8,11-12H,3-4,9-10H2,1-2H3,(H,19,22)(H,18,20,21). The maximum absolute atomic E-state index is 12.1. The molecule has 23 heavy (non-hydrogen) atoms. The number of methoxy groups -OCH3 is 1. The summed E-state index contributed by atoms with van der Waals surface area (Å²) in [4.78, 5) is 20.4. The van der Waals surface area contributed by atoms with Crippen LogP contribution in [-0.2, 0) is 6.54 Å². The molecule has 1 aromatic heterocycles. The molecule has 6 nitrogen and oxygen atoms in total. The number of rotatable bonds is 8. The van der Waals surface area contributed by atoms with Gasteiger partial charge in [-0.2, -0.15) is 0 Å². The average Bonchev–Trinajstić information content (AvgIpc) is 2.61. The van der Waals surface area contributed by atoms with Gasteiger partial charge >= 0.3 is 0 Å². The summed E-state index contributed by atoms with van der Waals surface area (Å²) in [6.07, 6.45) is 5.24. The highest BCUT2D eigenvalue weighted by atomic mass is 16.5. The van der Waals surface area contributed by atoms with Crippen molar-refractivity contribution in [2.75, 3.05) is 19.0 Å². The summed E-state index contributed by atoms with van der Waals surface area (Å²) in [5, 5.41) is 5.96. The number of amides is 1. The molecule has 0 aliphatic carbocycles. The predicted molar refractivity (Wildman–Crippen MR) is 89.6 cm³/mol. The van der Waals surface area contributed by atoms with Crippen LogP contribution < -0.4 is 15.4 Å². The summed E-state index contributed by atoms with van der Waals surface area (Å²) in [5.74, 6) is 1.14. The Bertz CT molecular complexity index is 611. The van der Waals surface area contributed by atoms with Gasteiger partial charge in [-0.3, -0.25) is 4.79 Å². The van der Waals surface area contributed by atoms with Gasteiger partial charge in [0.15, 0.2) is 0 Å². The molecule has 0 radical (unpaired) electrons. The molecule has 0 aliphatic heterocycles. The Morgan fingerprint density at radius 1 is 1.17 bits per heavy atom. The van der Waals surface area contributed by atoms with Crippen LogP contribution >= 0.6 is 0 Å². The number of anilines is 1. The Balaban J connectivity index is 1.84. The lowest BCUT2D eigenvalue weighted by Gasteiger charge is -2.07.